The van der Waals surface area contributed by atoms with Crippen LogP contribution in [0.4, 0.5) is 13.2 Å². The highest BCUT2D eigenvalue weighted by molar-refractivity contribution is 5.81. The van der Waals surface area contributed by atoms with Crippen LogP contribution in [0, 0.1) is 13.8 Å². The summed E-state index contributed by atoms with van der Waals surface area (Å²) in [4.78, 5) is 35.3. The van der Waals surface area contributed by atoms with Gasteiger partial charge in [-0.15, -0.1) is 0 Å². The van der Waals surface area contributed by atoms with Gasteiger partial charge in [0.2, 0.25) is 0 Å². The highest BCUT2D eigenvalue weighted by Crippen LogP contribution is 2.25. The van der Waals surface area contributed by atoms with Crippen LogP contribution in [0.5, 0.6) is 0 Å². The van der Waals surface area contributed by atoms with Crippen molar-refractivity contribution < 1.29 is 22.8 Å². The zero-order valence-electron chi connectivity index (χ0n) is 13.9. The Bertz CT molecular complexity index is 885. The summed E-state index contributed by atoms with van der Waals surface area (Å²) in [6.07, 6.45) is -3.76. The van der Waals surface area contributed by atoms with Gasteiger partial charge in [-0.2, -0.15) is 18.3 Å². The summed E-state index contributed by atoms with van der Waals surface area (Å²) in [5, 5.41) is 4.08. The van der Waals surface area contributed by atoms with Gasteiger partial charge in [-0.05, 0) is 32.0 Å². The lowest BCUT2D eigenvalue weighted by atomic mass is 10.2. The number of hydrogen-bond donors (Lipinski definition) is 2. The first kappa shape index (κ1) is 19.2. The van der Waals surface area contributed by atoms with E-state index in [1.807, 2.05) is 5.43 Å². The van der Waals surface area contributed by atoms with Crippen LogP contribution in [-0.4, -0.2) is 26.2 Å². The van der Waals surface area contributed by atoms with E-state index in [4.69, 9.17) is 0 Å². The third-order valence-corrected chi connectivity index (χ3v) is 3.38. The minimum absolute atomic E-state index is 0.149. The van der Waals surface area contributed by atoms with Crippen LogP contribution >= 0.6 is 0 Å². The van der Waals surface area contributed by atoms with Crippen molar-refractivity contribution in [2.45, 2.75) is 33.1 Å². The molecule has 0 radical (unpaired) electrons. The van der Waals surface area contributed by atoms with E-state index in [9.17, 15) is 27.6 Å². The number of aryl methyl sites for hydroxylation is 2. The number of halogens is 3. The number of rotatable bonds is 4. The fourth-order valence-corrected chi connectivity index (χ4v) is 2.22. The lowest BCUT2D eigenvalue weighted by Crippen LogP contribution is -2.45. The number of amides is 2. The normalized spacial score (nSPS) is 11.3. The van der Waals surface area contributed by atoms with Crippen molar-refractivity contribution in [3.05, 3.63) is 51.7 Å². The van der Waals surface area contributed by atoms with Gasteiger partial charge in [-0.1, -0.05) is 0 Å². The molecule has 11 heteroatoms. The van der Waals surface area contributed by atoms with Crippen molar-refractivity contribution >= 4 is 11.8 Å². The van der Waals surface area contributed by atoms with Crippen LogP contribution in [0.2, 0.25) is 0 Å². The molecule has 2 aromatic heterocycles. The van der Waals surface area contributed by atoms with Gasteiger partial charge in [0, 0.05) is 11.9 Å². The molecule has 2 heterocycles. The molecule has 0 saturated carbocycles. The lowest BCUT2D eigenvalue weighted by Gasteiger charge is -2.11. The summed E-state index contributed by atoms with van der Waals surface area (Å²) in [6, 6.07) is 3.41. The van der Waals surface area contributed by atoms with Crippen LogP contribution < -0.4 is 16.4 Å². The number of aromatic nitrogens is 3. The van der Waals surface area contributed by atoms with E-state index in [1.165, 1.54) is 4.68 Å². The first-order valence-corrected chi connectivity index (χ1v) is 7.43. The Kier molecular flexibility index (Phi) is 5.48. The molecule has 0 fully saturated rings. The van der Waals surface area contributed by atoms with Crippen LogP contribution in [0.25, 0.3) is 0 Å². The van der Waals surface area contributed by atoms with Gasteiger partial charge in [0.05, 0.1) is 5.69 Å². The number of carbonyl (C=O) groups is 2. The Morgan fingerprint density at radius 1 is 1.15 bits per heavy atom. The zero-order chi connectivity index (χ0) is 19.5. The molecule has 2 amide bonds. The second-order valence-corrected chi connectivity index (χ2v) is 5.53. The fraction of sp³-hybridized carbons (Fsp3) is 0.333. The number of pyridine rings is 1. The molecule has 0 spiro atoms. The summed E-state index contributed by atoms with van der Waals surface area (Å²) < 4.78 is 40.1. The molecule has 0 saturated heterocycles. The molecule has 2 N–H and O–H groups in total. The number of hydrogen-bond acceptors (Lipinski definition) is 4. The third-order valence-electron chi connectivity index (χ3n) is 3.38. The smallest absolute Gasteiger partial charge is 0.306 e. The van der Waals surface area contributed by atoms with Crippen LogP contribution in [0.1, 0.15) is 17.0 Å². The van der Waals surface area contributed by atoms with Gasteiger partial charge >= 0.3 is 6.18 Å². The predicted octanol–water partition coefficient (Wildman–Crippen LogP) is 0.528. The molecule has 8 nitrogen and oxygen atoms in total. The highest BCUT2D eigenvalue weighted by atomic mass is 19.4. The topological polar surface area (TPSA) is 98.0 Å². The molecule has 0 aliphatic rings. The Labute approximate surface area is 145 Å². The first-order valence-electron chi connectivity index (χ1n) is 7.43. The van der Waals surface area contributed by atoms with Crippen LogP contribution in [0.15, 0.2) is 29.2 Å². The van der Waals surface area contributed by atoms with Gasteiger partial charge in [0.25, 0.3) is 17.4 Å². The van der Waals surface area contributed by atoms with Crippen molar-refractivity contribution in [1.29, 1.82) is 0 Å². The third kappa shape index (κ3) is 4.71. The summed E-state index contributed by atoms with van der Waals surface area (Å²) in [6.45, 7) is 2.69. The number of nitrogens with one attached hydrogen (secondary N) is 2. The largest absolute Gasteiger partial charge is 0.421 e. The van der Waals surface area contributed by atoms with Crippen molar-refractivity contribution in [3.63, 3.8) is 0 Å². The van der Waals surface area contributed by atoms with E-state index in [0.29, 0.717) is 10.6 Å². The predicted molar refractivity (Wildman–Crippen MR) is 83.7 cm³/mol. The van der Waals surface area contributed by atoms with Gasteiger partial charge in [0.15, 0.2) is 0 Å². The molecule has 0 bridgehead atoms. The van der Waals surface area contributed by atoms with Gasteiger partial charge < -0.3 is 4.57 Å². The Morgan fingerprint density at radius 3 is 2.31 bits per heavy atom. The fourth-order valence-electron chi connectivity index (χ4n) is 2.22. The first-order chi connectivity index (χ1) is 12.1. The van der Waals surface area contributed by atoms with E-state index in [1.54, 1.807) is 19.9 Å². The Morgan fingerprint density at radius 2 is 1.77 bits per heavy atom. The maximum absolute atomic E-state index is 12.7. The van der Waals surface area contributed by atoms with E-state index in [-0.39, 0.29) is 6.54 Å². The van der Waals surface area contributed by atoms with E-state index in [0.717, 1.165) is 23.7 Å². The minimum Gasteiger partial charge on any atom is -0.306 e. The number of nitrogens with zero attached hydrogens (tertiary/aromatic N) is 3. The standard InChI is InChI=1S/C15H16F3N5O3/c1-9-6-10(2)23(21-9)8-13(25)20-19-12(24)7-22-5-3-4-11(14(22)26)15(16,17)18/h3-6H,7-8H2,1-2H3,(H,19,24)(H,20,25). The summed E-state index contributed by atoms with van der Waals surface area (Å²) >= 11 is 0. The maximum atomic E-state index is 12.7. The van der Waals surface area contributed by atoms with Crippen molar-refractivity contribution in [1.82, 2.24) is 25.2 Å². The Hall–Kier alpha value is -3.11. The SMILES string of the molecule is Cc1cc(C)n(CC(=O)NNC(=O)Cn2cccc(C(F)(F)F)c2=O)n1. The van der Waals surface area contributed by atoms with Crippen LogP contribution in [-0.2, 0) is 28.9 Å². The highest BCUT2D eigenvalue weighted by Gasteiger charge is 2.34. The van der Waals surface area contributed by atoms with E-state index >= 15 is 0 Å². The average molecular weight is 371 g/mol. The van der Waals surface area contributed by atoms with Crippen molar-refractivity contribution in [2.75, 3.05) is 0 Å². The van der Waals surface area contributed by atoms with Gasteiger partial charge in [-0.25, -0.2) is 0 Å². The van der Waals surface area contributed by atoms with Gasteiger partial charge in [-0.3, -0.25) is 29.9 Å². The summed E-state index contributed by atoms with van der Waals surface area (Å²) in [5.41, 5.74) is 2.91. The molecule has 2 rings (SSSR count). The molecular weight excluding hydrogens is 355 g/mol. The van der Waals surface area contributed by atoms with Crippen molar-refractivity contribution in [2.24, 2.45) is 0 Å². The van der Waals surface area contributed by atoms with E-state index < -0.39 is 35.7 Å². The van der Waals surface area contributed by atoms with Crippen LogP contribution in [0.3, 0.4) is 0 Å². The van der Waals surface area contributed by atoms with Crippen molar-refractivity contribution in [3.8, 4) is 0 Å². The summed E-state index contributed by atoms with van der Waals surface area (Å²) in [5.74, 6) is -1.44. The minimum atomic E-state index is -4.81. The number of hydrazine groups is 1. The second kappa shape index (κ2) is 7.42. The molecule has 0 atom stereocenters. The van der Waals surface area contributed by atoms with E-state index in [2.05, 4.69) is 10.5 Å². The maximum Gasteiger partial charge on any atom is 0.421 e. The number of carbonyl (C=O) groups excluding carboxylic acids is 2. The second-order valence-electron chi connectivity index (χ2n) is 5.53. The molecule has 0 aromatic carbocycles. The molecule has 0 aliphatic carbocycles. The molecular formula is C15H16F3N5O3. The average Bonchev–Trinajstić information content (AvgIpc) is 2.83. The quantitative estimate of drug-likeness (QED) is 0.766. The molecule has 140 valence electrons. The molecule has 2 aromatic rings. The zero-order valence-corrected chi connectivity index (χ0v) is 13.9. The monoisotopic (exact) mass is 371 g/mol. The molecule has 0 unspecified atom stereocenters. The lowest BCUT2D eigenvalue weighted by molar-refractivity contribution is -0.139. The summed E-state index contributed by atoms with van der Waals surface area (Å²) in [7, 11) is 0. The molecule has 26 heavy (non-hydrogen) atoms. The molecule has 0 aliphatic heterocycles. The Balaban J connectivity index is 1.94. The van der Waals surface area contributed by atoms with Gasteiger partial charge in [0.1, 0.15) is 18.7 Å². The number of alkyl halides is 3.